The Labute approximate surface area is 140 Å². The van der Waals surface area contributed by atoms with E-state index in [4.69, 9.17) is 23.2 Å². The van der Waals surface area contributed by atoms with Gasteiger partial charge in [-0.3, -0.25) is 9.79 Å². The van der Waals surface area contributed by atoms with Crippen LogP contribution in [0.15, 0.2) is 47.5 Å². The fourth-order valence-electron chi connectivity index (χ4n) is 1.89. The molecule has 0 saturated heterocycles. The van der Waals surface area contributed by atoms with Crippen molar-refractivity contribution < 1.29 is 4.79 Å². The lowest BCUT2D eigenvalue weighted by Gasteiger charge is -2.08. The Hall–Kier alpha value is -1.68. The lowest BCUT2D eigenvalue weighted by atomic mass is 10.1. The Bertz CT molecular complexity index is 712. The van der Waals surface area contributed by atoms with Gasteiger partial charge in [-0.15, -0.1) is 0 Å². The molecule has 0 aliphatic heterocycles. The highest BCUT2D eigenvalue weighted by atomic mass is 35.5. The highest BCUT2D eigenvalue weighted by Gasteiger charge is 2.07. The van der Waals surface area contributed by atoms with E-state index in [0.717, 1.165) is 5.56 Å². The van der Waals surface area contributed by atoms with Crippen LogP contribution >= 0.6 is 23.2 Å². The number of nitrogens with zero attached hydrogens (tertiary/aromatic N) is 2. The predicted octanol–water partition coefficient (Wildman–Crippen LogP) is 4.49. The minimum Gasteiger partial charge on any atom is -0.302 e. The van der Waals surface area contributed by atoms with Crippen molar-refractivity contribution in [2.45, 2.75) is 0 Å². The number of halogens is 2. The summed E-state index contributed by atoms with van der Waals surface area (Å²) in [6, 6.07) is 12.4. The number of benzene rings is 2. The van der Waals surface area contributed by atoms with Crippen molar-refractivity contribution in [1.29, 1.82) is 0 Å². The van der Waals surface area contributed by atoms with Crippen molar-refractivity contribution in [3.8, 4) is 0 Å². The molecule has 2 aromatic carbocycles. The van der Waals surface area contributed by atoms with Gasteiger partial charge in [-0.1, -0.05) is 41.4 Å². The zero-order chi connectivity index (χ0) is 16.1. The second-order valence-electron chi connectivity index (χ2n) is 5.14. The average Bonchev–Trinajstić information content (AvgIpc) is 2.46. The minimum atomic E-state index is 0.0616. The number of rotatable bonds is 5. The van der Waals surface area contributed by atoms with Crippen molar-refractivity contribution >= 4 is 40.9 Å². The third-order valence-corrected chi connectivity index (χ3v) is 3.51. The van der Waals surface area contributed by atoms with Crippen molar-refractivity contribution in [2.75, 3.05) is 20.6 Å². The molecule has 3 nitrogen and oxygen atoms in total. The first-order valence-electron chi connectivity index (χ1n) is 6.73. The molecule has 0 saturated carbocycles. The van der Waals surface area contributed by atoms with Crippen molar-refractivity contribution in [2.24, 2.45) is 4.99 Å². The molecule has 2 aromatic rings. The van der Waals surface area contributed by atoms with Crippen LogP contribution in [0.25, 0.3) is 0 Å². The smallest absolute Gasteiger partial charge is 0.176 e. The normalized spacial score (nSPS) is 11.3. The Kier molecular flexibility index (Phi) is 5.72. The Balaban J connectivity index is 2.19. The SMILES string of the molecule is CN(C)CC(=O)c1cccc(N=Cc2ccc(Cl)cc2Cl)c1. The third-order valence-electron chi connectivity index (χ3n) is 2.94. The van der Waals surface area contributed by atoms with Crippen molar-refractivity contribution in [3.05, 3.63) is 63.6 Å². The number of Topliss-reactive ketones (excluding diaryl/α,β-unsaturated/α-hetero) is 1. The molecule has 0 fully saturated rings. The van der Waals surface area contributed by atoms with E-state index in [0.29, 0.717) is 27.8 Å². The summed E-state index contributed by atoms with van der Waals surface area (Å²) in [5.74, 6) is 0.0616. The van der Waals surface area contributed by atoms with E-state index in [9.17, 15) is 4.79 Å². The number of carbonyl (C=O) groups excluding carboxylic acids is 1. The fourth-order valence-corrected chi connectivity index (χ4v) is 2.35. The number of aliphatic imine (C=N–C) groups is 1. The lowest BCUT2D eigenvalue weighted by Crippen LogP contribution is -2.21. The summed E-state index contributed by atoms with van der Waals surface area (Å²) < 4.78 is 0. The lowest BCUT2D eigenvalue weighted by molar-refractivity contribution is 0.0958. The summed E-state index contributed by atoms with van der Waals surface area (Å²) in [6.45, 7) is 0.371. The summed E-state index contributed by atoms with van der Waals surface area (Å²) in [5.41, 5.74) is 2.12. The van der Waals surface area contributed by atoms with E-state index in [1.807, 2.05) is 31.1 Å². The standard InChI is InChI=1S/C17H16Cl2N2O/c1-21(2)11-17(22)12-4-3-5-15(8-12)20-10-13-6-7-14(18)9-16(13)19/h3-10H,11H2,1-2H3. The quantitative estimate of drug-likeness (QED) is 0.596. The first-order valence-corrected chi connectivity index (χ1v) is 7.48. The maximum absolute atomic E-state index is 12.0. The van der Waals surface area contributed by atoms with E-state index >= 15 is 0 Å². The fraction of sp³-hybridized carbons (Fsp3) is 0.176. The molecule has 22 heavy (non-hydrogen) atoms. The average molecular weight is 335 g/mol. The molecule has 5 heteroatoms. The van der Waals surface area contributed by atoms with Gasteiger partial charge in [0.2, 0.25) is 0 Å². The van der Waals surface area contributed by atoms with Gasteiger partial charge in [0.15, 0.2) is 5.78 Å². The highest BCUT2D eigenvalue weighted by Crippen LogP contribution is 2.21. The van der Waals surface area contributed by atoms with E-state index in [1.54, 1.807) is 36.5 Å². The van der Waals surface area contributed by atoms with Gasteiger partial charge in [-0.2, -0.15) is 0 Å². The zero-order valence-electron chi connectivity index (χ0n) is 12.4. The van der Waals surface area contributed by atoms with Crippen LogP contribution in [0, 0.1) is 0 Å². The van der Waals surface area contributed by atoms with Gasteiger partial charge >= 0.3 is 0 Å². The van der Waals surface area contributed by atoms with Crippen LogP contribution in [0.2, 0.25) is 10.0 Å². The first-order chi connectivity index (χ1) is 10.5. The number of hydrogen-bond donors (Lipinski definition) is 0. The Morgan fingerprint density at radius 2 is 1.95 bits per heavy atom. The molecule has 2 rings (SSSR count). The van der Waals surface area contributed by atoms with Crippen LogP contribution in [0.3, 0.4) is 0 Å². The molecule has 0 heterocycles. The second-order valence-corrected chi connectivity index (χ2v) is 5.98. The van der Waals surface area contributed by atoms with Crippen molar-refractivity contribution in [3.63, 3.8) is 0 Å². The van der Waals surface area contributed by atoms with Gasteiger partial charge in [0.05, 0.1) is 17.3 Å². The molecule has 0 radical (unpaired) electrons. The molecule has 0 bridgehead atoms. The molecule has 0 amide bonds. The summed E-state index contributed by atoms with van der Waals surface area (Å²) in [4.78, 5) is 18.3. The Morgan fingerprint density at radius 3 is 2.64 bits per heavy atom. The van der Waals surface area contributed by atoms with E-state index in [-0.39, 0.29) is 5.78 Å². The third kappa shape index (κ3) is 4.67. The van der Waals surface area contributed by atoms with Crippen LogP contribution in [0.1, 0.15) is 15.9 Å². The highest BCUT2D eigenvalue weighted by molar-refractivity contribution is 6.36. The molecular formula is C17H16Cl2N2O. The molecule has 0 aliphatic carbocycles. The number of ketones is 1. The van der Waals surface area contributed by atoms with Gasteiger partial charge in [0, 0.05) is 22.4 Å². The second kappa shape index (κ2) is 7.54. The maximum Gasteiger partial charge on any atom is 0.176 e. The van der Waals surface area contributed by atoms with Crippen LogP contribution in [-0.2, 0) is 0 Å². The van der Waals surface area contributed by atoms with Crippen LogP contribution in [-0.4, -0.2) is 37.5 Å². The summed E-state index contributed by atoms with van der Waals surface area (Å²) in [6.07, 6.45) is 1.66. The summed E-state index contributed by atoms with van der Waals surface area (Å²) >= 11 is 12.0. The van der Waals surface area contributed by atoms with Crippen LogP contribution in [0.4, 0.5) is 5.69 Å². The van der Waals surface area contributed by atoms with Gasteiger partial charge in [0.25, 0.3) is 0 Å². The molecule has 0 aliphatic rings. The largest absolute Gasteiger partial charge is 0.302 e. The number of carbonyl (C=O) groups is 1. The van der Waals surface area contributed by atoms with E-state index < -0.39 is 0 Å². The van der Waals surface area contributed by atoms with Crippen LogP contribution < -0.4 is 0 Å². The van der Waals surface area contributed by atoms with Crippen LogP contribution in [0.5, 0.6) is 0 Å². The van der Waals surface area contributed by atoms with E-state index in [1.165, 1.54) is 0 Å². The number of likely N-dealkylation sites (N-methyl/N-ethyl adjacent to an activating group) is 1. The van der Waals surface area contributed by atoms with Crippen molar-refractivity contribution in [1.82, 2.24) is 4.90 Å². The van der Waals surface area contributed by atoms with Gasteiger partial charge < -0.3 is 4.90 Å². The zero-order valence-corrected chi connectivity index (χ0v) is 13.9. The topological polar surface area (TPSA) is 32.7 Å². The van der Waals surface area contributed by atoms with Gasteiger partial charge in [0.1, 0.15) is 0 Å². The minimum absolute atomic E-state index is 0.0616. The van der Waals surface area contributed by atoms with Gasteiger partial charge in [-0.25, -0.2) is 0 Å². The summed E-state index contributed by atoms with van der Waals surface area (Å²) in [5, 5.41) is 1.12. The molecule has 0 unspecified atom stereocenters. The number of hydrogen-bond acceptors (Lipinski definition) is 3. The predicted molar refractivity (Wildman–Crippen MR) is 93.0 cm³/mol. The Morgan fingerprint density at radius 1 is 1.18 bits per heavy atom. The molecular weight excluding hydrogens is 319 g/mol. The molecule has 0 aromatic heterocycles. The molecule has 0 N–H and O–H groups in total. The van der Waals surface area contributed by atoms with E-state index in [2.05, 4.69) is 4.99 Å². The summed E-state index contributed by atoms with van der Waals surface area (Å²) in [7, 11) is 3.73. The van der Waals surface area contributed by atoms with Gasteiger partial charge in [-0.05, 0) is 38.4 Å². The molecule has 0 spiro atoms. The first kappa shape index (κ1) is 16.7. The maximum atomic E-state index is 12.0. The molecule has 0 atom stereocenters. The monoisotopic (exact) mass is 334 g/mol. The molecule has 114 valence electrons.